The molecule has 0 amide bonds. The van der Waals surface area contributed by atoms with E-state index in [1.54, 1.807) is 12.1 Å². The zero-order chi connectivity index (χ0) is 13.4. The van der Waals surface area contributed by atoms with E-state index in [0.29, 0.717) is 0 Å². The van der Waals surface area contributed by atoms with Gasteiger partial charge in [-0.2, -0.15) is 0 Å². The first-order valence-corrected chi connectivity index (χ1v) is 6.46. The van der Waals surface area contributed by atoms with Crippen LogP contribution in [0, 0.1) is 10.1 Å². The molecule has 0 saturated heterocycles. The Morgan fingerprint density at radius 3 is 2.47 bits per heavy atom. The summed E-state index contributed by atoms with van der Waals surface area (Å²) < 4.78 is 1.02. The number of nitrogens with zero attached hydrogens (tertiary/aromatic N) is 1. The molecule has 0 aliphatic rings. The number of nitrogens with one attached hydrogen (secondary N) is 1. The molecule has 1 N–H and O–H groups in total. The van der Waals surface area contributed by atoms with Gasteiger partial charge in [-0.05, 0) is 35.9 Å². The van der Waals surface area contributed by atoms with Crippen LogP contribution in [0.1, 0.15) is 0 Å². The second kappa shape index (κ2) is 4.51. The Kier molecular flexibility index (Phi) is 2.83. The van der Waals surface area contributed by atoms with Crippen LogP contribution in [0.4, 0.5) is 5.69 Å². The minimum atomic E-state index is -0.397. The molecule has 3 rings (SSSR count). The Balaban J connectivity index is 2.09. The lowest BCUT2D eigenvalue weighted by atomic mass is 10.1. The first-order valence-electron chi connectivity index (χ1n) is 5.67. The van der Waals surface area contributed by atoms with Gasteiger partial charge in [-0.1, -0.05) is 22.0 Å². The highest BCUT2D eigenvalue weighted by atomic mass is 79.9. The largest absolute Gasteiger partial charge is 0.354 e. The molecule has 0 aliphatic heterocycles. The van der Waals surface area contributed by atoms with E-state index in [1.807, 2.05) is 24.3 Å². The number of nitro groups is 1. The van der Waals surface area contributed by atoms with Crippen LogP contribution >= 0.6 is 15.9 Å². The van der Waals surface area contributed by atoms with E-state index in [-0.39, 0.29) is 5.69 Å². The third kappa shape index (κ3) is 2.13. The van der Waals surface area contributed by atoms with Crippen molar-refractivity contribution in [3.8, 4) is 11.3 Å². The Morgan fingerprint density at radius 1 is 1.11 bits per heavy atom. The minimum absolute atomic E-state index is 0.0982. The molecule has 0 radical (unpaired) electrons. The van der Waals surface area contributed by atoms with Crippen molar-refractivity contribution in [1.29, 1.82) is 0 Å². The Morgan fingerprint density at radius 2 is 1.84 bits per heavy atom. The number of aromatic amines is 1. The quantitative estimate of drug-likeness (QED) is 0.558. The van der Waals surface area contributed by atoms with E-state index in [0.717, 1.165) is 26.6 Å². The van der Waals surface area contributed by atoms with Crippen LogP contribution in [0.5, 0.6) is 0 Å². The zero-order valence-corrected chi connectivity index (χ0v) is 11.3. The van der Waals surface area contributed by atoms with Gasteiger partial charge in [-0.3, -0.25) is 10.1 Å². The highest BCUT2D eigenvalue weighted by Crippen LogP contribution is 2.29. The molecule has 3 aromatic rings. The Bertz CT molecular complexity index is 763. The van der Waals surface area contributed by atoms with E-state index in [9.17, 15) is 10.1 Å². The predicted octanol–water partition coefficient (Wildman–Crippen LogP) is 4.51. The van der Waals surface area contributed by atoms with Crippen molar-refractivity contribution in [2.45, 2.75) is 0 Å². The van der Waals surface area contributed by atoms with Crippen molar-refractivity contribution in [3.63, 3.8) is 0 Å². The SMILES string of the molecule is O=[N+]([O-])c1ccc(-c2cc3c(Br)cccc3[nH]2)cc1. The molecule has 0 fully saturated rings. The van der Waals surface area contributed by atoms with Gasteiger partial charge < -0.3 is 4.98 Å². The van der Waals surface area contributed by atoms with Gasteiger partial charge in [0, 0.05) is 33.2 Å². The number of hydrogen-bond acceptors (Lipinski definition) is 2. The fourth-order valence-electron chi connectivity index (χ4n) is 2.04. The van der Waals surface area contributed by atoms with Crippen LogP contribution in [-0.4, -0.2) is 9.91 Å². The van der Waals surface area contributed by atoms with Crippen LogP contribution in [-0.2, 0) is 0 Å². The first-order chi connectivity index (χ1) is 9.15. The molecule has 0 aliphatic carbocycles. The van der Waals surface area contributed by atoms with Crippen molar-refractivity contribution in [3.05, 3.63) is 63.1 Å². The Labute approximate surface area is 117 Å². The average molecular weight is 317 g/mol. The molecular formula is C14H9BrN2O2. The van der Waals surface area contributed by atoms with E-state index >= 15 is 0 Å². The summed E-state index contributed by atoms with van der Waals surface area (Å²) in [5.74, 6) is 0. The first kappa shape index (κ1) is 11.9. The second-order valence-corrected chi connectivity index (χ2v) is 5.04. The number of non-ortho nitro benzene ring substituents is 1. The summed E-state index contributed by atoms with van der Waals surface area (Å²) in [4.78, 5) is 13.5. The van der Waals surface area contributed by atoms with Crippen LogP contribution < -0.4 is 0 Å². The highest BCUT2D eigenvalue weighted by molar-refractivity contribution is 9.10. The molecule has 0 bridgehead atoms. The summed E-state index contributed by atoms with van der Waals surface area (Å²) in [5, 5.41) is 11.7. The molecular weight excluding hydrogens is 308 g/mol. The summed E-state index contributed by atoms with van der Waals surface area (Å²) in [6.45, 7) is 0. The fourth-order valence-corrected chi connectivity index (χ4v) is 2.52. The number of benzene rings is 2. The van der Waals surface area contributed by atoms with E-state index < -0.39 is 4.92 Å². The summed E-state index contributed by atoms with van der Waals surface area (Å²) in [7, 11) is 0. The van der Waals surface area contributed by atoms with Crippen LogP contribution in [0.3, 0.4) is 0 Å². The normalized spacial score (nSPS) is 10.8. The summed E-state index contributed by atoms with van der Waals surface area (Å²) >= 11 is 3.50. The van der Waals surface area contributed by atoms with E-state index in [2.05, 4.69) is 20.9 Å². The molecule has 0 unspecified atom stereocenters. The highest BCUT2D eigenvalue weighted by Gasteiger charge is 2.08. The van der Waals surface area contributed by atoms with E-state index in [1.165, 1.54) is 12.1 Å². The Hall–Kier alpha value is -2.14. The maximum atomic E-state index is 10.6. The van der Waals surface area contributed by atoms with Crippen molar-refractivity contribution >= 4 is 32.5 Å². The summed E-state index contributed by atoms with van der Waals surface area (Å²) in [5.41, 5.74) is 2.99. The summed E-state index contributed by atoms with van der Waals surface area (Å²) in [6.07, 6.45) is 0. The number of H-pyrrole nitrogens is 1. The van der Waals surface area contributed by atoms with Gasteiger partial charge in [-0.25, -0.2) is 0 Å². The lowest BCUT2D eigenvalue weighted by molar-refractivity contribution is -0.384. The monoisotopic (exact) mass is 316 g/mol. The fraction of sp³-hybridized carbons (Fsp3) is 0. The lowest BCUT2D eigenvalue weighted by Gasteiger charge is -1.97. The summed E-state index contributed by atoms with van der Waals surface area (Å²) in [6, 6.07) is 14.5. The van der Waals surface area contributed by atoms with Crippen LogP contribution in [0.15, 0.2) is 53.0 Å². The maximum Gasteiger partial charge on any atom is 0.269 e. The second-order valence-electron chi connectivity index (χ2n) is 4.19. The zero-order valence-electron chi connectivity index (χ0n) is 9.76. The van der Waals surface area contributed by atoms with E-state index in [4.69, 9.17) is 0 Å². The number of hydrogen-bond donors (Lipinski definition) is 1. The smallest absolute Gasteiger partial charge is 0.269 e. The predicted molar refractivity (Wildman–Crippen MR) is 78.1 cm³/mol. The molecule has 1 heterocycles. The molecule has 19 heavy (non-hydrogen) atoms. The van der Waals surface area contributed by atoms with Gasteiger partial charge in [0.2, 0.25) is 0 Å². The number of aromatic nitrogens is 1. The molecule has 0 spiro atoms. The molecule has 2 aromatic carbocycles. The molecule has 0 atom stereocenters. The molecule has 5 heteroatoms. The standard InChI is InChI=1S/C14H9BrN2O2/c15-12-2-1-3-13-11(12)8-14(16-13)9-4-6-10(7-5-9)17(18)19/h1-8,16H. The third-order valence-electron chi connectivity index (χ3n) is 3.00. The van der Waals surface area contributed by atoms with Crippen LogP contribution in [0.25, 0.3) is 22.2 Å². The van der Waals surface area contributed by atoms with Gasteiger partial charge in [-0.15, -0.1) is 0 Å². The lowest BCUT2D eigenvalue weighted by Crippen LogP contribution is -1.87. The van der Waals surface area contributed by atoms with Crippen LogP contribution in [0.2, 0.25) is 0 Å². The molecule has 94 valence electrons. The van der Waals surface area contributed by atoms with Crippen molar-refractivity contribution in [2.24, 2.45) is 0 Å². The number of rotatable bonds is 2. The molecule has 0 saturated carbocycles. The maximum absolute atomic E-state index is 10.6. The van der Waals surface area contributed by atoms with Crippen molar-refractivity contribution < 1.29 is 4.92 Å². The van der Waals surface area contributed by atoms with Crippen molar-refractivity contribution in [2.75, 3.05) is 0 Å². The topological polar surface area (TPSA) is 58.9 Å². The third-order valence-corrected chi connectivity index (χ3v) is 3.69. The number of nitro benzene ring substituents is 1. The van der Waals surface area contributed by atoms with Crippen molar-refractivity contribution in [1.82, 2.24) is 4.98 Å². The van der Waals surface area contributed by atoms with Gasteiger partial charge >= 0.3 is 0 Å². The van der Waals surface area contributed by atoms with Gasteiger partial charge in [0.1, 0.15) is 0 Å². The number of halogens is 1. The molecule has 4 nitrogen and oxygen atoms in total. The van der Waals surface area contributed by atoms with Gasteiger partial charge in [0.15, 0.2) is 0 Å². The van der Waals surface area contributed by atoms with Gasteiger partial charge in [0.05, 0.1) is 4.92 Å². The molecule has 1 aromatic heterocycles. The van der Waals surface area contributed by atoms with Gasteiger partial charge in [0.25, 0.3) is 5.69 Å². The average Bonchev–Trinajstić information content (AvgIpc) is 2.84. The minimum Gasteiger partial charge on any atom is -0.354 e. The number of fused-ring (bicyclic) bond motifs is 1.